The molecule has 0 fully saturated rings. The fraction of sp³-hybridized carbons (Fsp3) is 0.250. The summed E-state index contributed by atoms with van der Waals surface area (Å²) in [6.45, 7) is 5.91. The van der Waals surface area contributed by atoms with E-state index >= 15 is 0 Å². The van der Waals surface area contributed by atoms with Crippen molar-refractivity contribution in [2.75, 3.05) is 5.32 Å². The molecule has 2 heterocycles. The molecule has 1 aromatic carbocycles. The van der Waals surface area contributed by atoms with Gasteiger partial charge in [-0.25, -0.2) is 0 Å². The van der Waals surface area contributed by atoms with Crippen LogP contribution in [-0.4, -0.2) is 16.0 Å². The first-order valence-electron chi connectivity index (χ1n) is 6.94. The Bertz CT molecular complexity index is 814. The number of anilines is 1. The molecule has 0 saturated heterocycles. The zero-order valence-electron chi connectivity index (χ0n) is 12.3. The summed E-state index contributed by atoms with van der Waals surface area (Å²) in [6, 6.07) is 7.85. The Morgan fingerprint density at radius 2 is 2.14 bits per heavy atom. The first-order chi connectivity index (χ1) is 10.1. The molecule has 21 heavy (non-hydrogen) atoms. The number of aromatic nitrogens is 2. The maximum atomic E-state index is 12.3. The van der Waals surface area contributed by atoms with E-state index < -0.39 is 0 Å². The van der Waals surface area contributed by atoms with Crippen molar-refractivity contribution in [2.45, 2.75) is 27.2 Å². The highest BCUT2D eigenvalue weighted by Gasteiger charge is 2.16. The smallest absolute Gasteiger partial charge is 0.274 e. The van der Waals surface area contributed by atoms with Gasteiger partial charge in [0.1, 0.15) is 5.69 Å². The fourth-order valence-electron chi connectivity index (χ4n) is 2.36. The van der Waals surface area contributed by atoms with E-state index in [0.29, 0.717) is 11.6 Å². The van der Waals surface area contributed by atoms with Crippen LogP contribution in [0.4, 0.5) is 5.88 Å². The van der Waals surface area contributed by atoms with Gasteiger partial charge in [0.25, 0.3) is 5.91 Å². The van der Waals surface area contributed by atoms with Gasteiger partial charge in [0.05, 0.1) is 5.69 Å². The number of carbonyl (C=O) groups excluding carboxylic acids is 1. The van der Waals surface area contributed by atoms with Crippen LogP contribution in [0.5, 0.6) is 0 Å². The quantitative estimate of drug-likeness (QED) is 0.771. The van der Waals surface area contributed by atoms with Gasteiger partial charge in [0.2, 0.25) is 5.88 Å². The Labute approximate surface area is 122 Å². The molecule has 0 atom stereocenters. The second kappa shape index (κ2) is 5.09. The summed E-state index contributed by atoms with van der Waals surface area (Å²) in [4.78, 5) is 15.4. The Hall–Kier alpha value is -2.56. The van der Waals surface area contributed by atoms with E-state index in [9.17, 15) is 4.79 Å². The summed E-state index contributed by atoms with van der Waals surface area (Å²) in [5.41, 5.74) is 4.33. The van der Waals surface area contributed by atoms with E-state index in [4.69, 9.17) is 4.52 Å². The van der Waals surface area contributed by atoms with Crippen LogP contribution in [0.3, 0.4) is 0 Å². The molecular formula is C16H17N3O2. The molecular weight excluding hydrogens is 266 g/mol. The minimum atomic E-state index is -0.231. The lowest BCUT2D eigenvalue weighted by molar-refractivity contribution is 0.102. The summed E-state index contributed by atoms with van der Waals surface area (Å²) in [5.74, 6) is 0.178. The summed E-state index contributed by atoms with van der Waals surface area (Å²) >= 11 is 0. The molecule has 0 bridgehead atoms. The van der Waals surface area contributed by atoms with Crippen molar-refractivity contribution < 1.29 is 9.32 Å². The number of aromatic amines is 1. The summed E-state index contributed by atoms with van der Waals surface area (Å²) < 4.78 is 5.18. The zero-order chi connectivity index (χ0) is 15.0. The first kappa shape index (κ1) is 13.4. The first-order valence-corrected chi connectivity index (χ1v) is 6.94. The van der Waals surface area contributed by atoms with Gasteiger partial charge in [-0.15, -0.1) is 0 Å². The number of hydrogen-bond acceptors (Lipinski definition) is 3. The van der Waals surface area contributed by atoms with E-state index in [-0.39, 0.29) is 5.91 Å². The average molecular weight is 283 g/mol. The van der Waals surface area contributed by atoms with Gasteiger partial charge in [-0.05, 0) is 38.5 Å². The van der Waals surface area contributed by atoms with Gasteiger partial charge in [0, 0.05) is 16.5 Å². The Morgan fingerprint density at radius 3 is 2.86 bits per heavy atom. The van der Waals surface area contributed by atoms with Gasteiger partial charge in [-0.1, -0.05) is 23.7 Å². The maximum absolute atomic E-state index is 12.3. The minimum absolute atomic E-state index is 0.231. The third-order valence-corrected chi connectivity index (χ3v) is 3.60. The number of H-pyrrole nitrogens is 1. The fourth-order valence-corrected chi connectivity index (χ4v) is 2.36. The van der Waals surface area contributed by atoms with Crippen LogP contribution in [0.25, 0.3) is 10.9 Å². The molecule has 0 aliphatic carbocycles. The van der Waals surface area contributed by atoms with E-state index in [0.717, 1.165) is 34.1 Å². The van der Waals surface area contributed by atoms with E-state index in [2.05, 4.69) is 15.5 Å². The van der Waals surface area contributed by atoms with Gasteiger partial charge >= 0.3 is 0 Å². The van der Waals surface area contributed by atoms with E-state index in [1.807, 2.05) is 45.0 Å². The number of carbonyl (C=O) groups is 1. The van der Waals surface area contributed by atoms with Crippen LogP contribution in [-0.2, 0) is 6.42 Å². The van der Waals surface area contributed by atoms with Crippen molar-refractivity contribution in [3.05, 3.63) is 46.8 Å². The number of hydrogen-bond donors (Lipinski definition) is 2. The average Bonchev–Trinajstić information content (AvgIpc) is 3.03. The third-order valence-electron chi connectivity index (χ3n) is 3.60. The topological polar surface area (TPSA) is 70.9 Å². The minimum Gasteiger partial charge on any atom is -0.351 e. The van der Waals surface area contributed by atoms with Crippen molar-refractivity contribution >= 4 is 22.7 Å². The molecule has 0 saturated carbocycles. The van der Waals surface area contributed by atoms with E-state index in [1.54, 1.807) is 0 Å². The normalized spacial score (nSPS) is 11.0. The molecule has 0 spiro atoms. The summed E-state index contributed by atoms with van der Waals surface area (Å²) in [7, 11) is 0. The van der Waals surface area contributed by atoms with Crippen molar-refractivity contribution in [2.24, 2.45) is 0 Å². The SMILES string of the molecule is CCc1noc(NC(=O)c2cc3cc(C)ccc3[nH]2)c1C. The molecule has 5 nitrogen and oxygen atoms in total. The highest BCUT2D eigenvalue weighted by atomic mass is 16.5. The monoisotopic (exact) mass is 283 g/mol. The molecule has 5 heteroatoms. The Kier molecular flexibility index (Phi) is 3.25. The van der Waals surface area contributed by atoms with Crippen molar-refractivity contribution in [1.82, 2.24) is 10.1 Å². The van der Waals surface area contributed by atoms with Gasteiger partial charge in [-0.3, -0.25) is 10.1 Å². The van der Waals surface area contributed by atoms with Crippen LogP contribution in [0.2, 0.25) is 0 Å². The second-order valence-electron chi connectivity index (χ2n) is 5.16. The number of amides is 1. The van der Waals surface area contributed by atoms with Crippen LogP contribution in [0.1, 0.15) is 34.2 Å². The van der Waals surface area contributed by atoms with E-state index in [1.165, 1.54) is 0 Å². The molecule has 0 aliphatic rings. The van der Waals surface area contributed by atoms with Gasteiger partial charge in [-0.2, -0.15) is 0 Å². The number of fused-ring (bicyclic) bond motifs is 1. The molecule has 0 radical (unpaired) electrons. The van der Waals surface area contributed by atoms with Crippen LogP contribution >= 0.6 is 0 Å². The molecule has 0 aliphatic heterocycles. The molecule has 2 N–H and O–H groups in total. The maximum Gasteiger partial charge on any atom is 0.274 e. The standard InChI is InChI=1S/C16H17N3O2/c1-4-12-10(3)16(21-19-12)18-15(20)14-8-11-7-9(2)5-6-13(11)17-14/h5-8,17H,4H2,1-3H3,(H,18,20). The van der Waals surface area contributed by atoms with Crippen LogP contribution < -0.4 is 5.32 Å². The van der Waals surface area contributed by atoms with Crippen LogP contribution in [0.15, 0.2) is 28.8 Å². The predicted molar refractivity (Wildman–Crippen MR) is 81.6 cm³/mol. The number of nitrogens with one attached hydrogen (secondary N) is 2. The third kappa shape index (κ3) is 2.42. The number of nitrogens with zero attached hydrogens (tertiary/aromatic N) is 1. The molecule has 1 amide bonds. The van der Waals surface area contributed by atoms with Crippen molar-refractivity contribution in [1.29, 1.82) is 0 Å². The zero-order valence-corrected chi connectivity index (χ0v) is 12.3. The number of rotatable bonds is 3. The number of benzene rings is 1. The Morgan fingerprint density at radius 1 is 1.33 bits per heavy atom. The summed E-state index contributed by atoms with van der Waals surface area (Å²) in [5, 5.41) is 7.71. The molecule has 108 valence electrons. The van der Waals surface area contributed by atoms with Gasteiger partial charge in [0.15, 0.2) is 0 Å². The molecule has 3 rings (SSSR count). The largest absolute Gasteiger partial charge is 0.351 e. The van der Waals surface area contributed by atoms with Crippen molar-refractivity contribution in [3.8, 4) is 0 Å². The second-order valence-corrected chi connectivity index (χ2v) is 5.16. The highest BCUT2D eigenvalue weighted by molar-refractivity contribution is 6.05. The number of aryl methyl sites for hydroxylation is 2. The highest BCUT2D eigenvalue weighted by Crippen LogP contribution is 2.21. The molecule has 0 unspecified atom stereocenters. The lowest BCUT2D eigenvalue weighted by Crippen LogP contribution is -2.12. The Balaban J connectivity index is 1.88. The molecule has 2 aromatic heterocycles. The van der Waals surface area contributed by atoms with Crippen molar-refractivity contribution in [3.63, 3.8) is 0 Å². The molecule has 3 aromatic rings. The lowest BCUT2D eigenvalue weighted by Gasteiger charge is -1.99. The predicted octanol–water partition coefficient (Wildman–Crippen LogP) is 3.59. The lowest BCUT2D eigenvalue weighted by atomic mass is 10.2. The van der Waals surface area contributed by atoms with Gasteiger partial charge < -0.3 is 9.51 Å². The summed E-state index contributed by atoms with van der Waals surface area (Å²) in [6.07, 6.45) is 0.775. The van der Waals surface area contributed by atoms with Crippen LogP contribution in [0, 0.1) is 13.8 Å².